The Kier molecular flexibility index (Phi) is 6.53. The van der Waals surface area contributed by atoms with E-state index in [1.807, 2.05) is 17.0 Å². The van der Waals surface area contributed by atoms with Crippen LogP contribution in [0.5, 0.6) is 5.75 Å². The van der Waals surface area contributed by atoms with Gasteiger partial charge in [-0.25, -0.2) is 13.1 Å². The van der Waals surface area contributed by atoms with Gasteiger partial charge in [0.25, 0.3) is 0 Å². The maximum Gasteiger partial charge on any atom is 0.240 e. The predicted octanol–water partition coefficient (Wildman–Crippen LogP) is 3.42. The van der Waals surface area contributed by atoms with E-state index in [0.717, 1.165) is 42.8 Å². The minimum atomic E-state index is -3.44. The van der Waals surface area contributed by atoms with Crippen LogP contribution in [0.4, 0.5) is 0 Å². The fourth-order valence-corrected chi connectivity index (χ4v) is 5.12. The normalized spacial score (nSPS) is 15.2. The summed E-state index contributed by atoms with van der Waals surface area (Å²) in [6, 6.07) is 12.8. The number of ether oxygens (including phenoxy) is 1. The van der Waals surface area contributed by atoms with E-state index in [-0.39, 0.29) is 10.8 Å². The number of rotatable bonds is 7. The van der Waals surface area contributed by atoms with Crippen LogP contribution in [0.2, 0.25) is 0 Å². The second-order valence-electron chi connectivity index (χ2n) is 8.16. The average Bonchev–Trinajstić information content (AvgIpc) is 3.26. The van der Waals surface area contributed by atoms with Crippen molar-refractivity contribution in [3.8, 4) is 5.75 Å². The summed E-state index contributed by atoms with van der Waals surface area (Å²) in [5.41, 5.74) is 3.35. The molecule has 32 heavy (non-hydrogen) atoms. The van der Waals surface area contributed by atoms with E-state index in [9.17, 15) is 13.2 Å². The Morgan fingerprint density at radius 1 is 1.16 bits per heavy atom. The zero-order chi connectivity index (χ0) is 22.7. The van der Waals surface area contributed by atoms with Crippen LogP contribution in [0.25, 0.3) is 10.9 Å². The lowest BCUT2D eigenvalue weighted by Gasteiger charge is -2.32. The molecule has 4 rings (SSSR count). The second-order valence-corrected chi connectivity index (χ2v) is 10.0. The third-order valence-electron chi connectivity index (χ3n) is 6.34. The first kappa shape index (κ1) is 22.4. The highest BCUT2D eigenvalue weighted by atomic mass is 32.2. The van der Waals surface area contributed by atoms with Gasteiger partial charge in [-0.1, -0.05) is 12.1 Å². The number of aromatic amines is 1. The van der Waals surface area contributed by atoms with Gasteiger partial charge >= 0.3 is 0 Å². The highest BCUT2D eigenvalue weighted by Gasteiger charge is 2.25. The van der Waals surface area contributed by atoms with Crippen molar-refractivity contribution in [2.75, 3.05) is 27.2 Å². The number of carbonyl (C=O) groups excluding carboxylic acids is 1. The number of hydrogen-bond donors (Lipinski definition) is 2. The van der Waals surface area contributed by atoms with Crippen molar-refractivity contribution in [3.63, 3.8) is 0 Å². The first-order valence-corrected chi connectivity index (χ1v) is 12.3. The first-order valence-electron chi connectivity index (χ1n) is 10.9. The predicted molar refractivity (Wildman–Crippen MR) is 124 cm³/mol. The molecule has 7 nitrogen and oxygen atoms in total. The van der Waals surface area contributed by atoms with Crippen LogP contribution in [-0.4, -0.2) is 51.5 Å². The molecule has 8 heteroatoms. The van der Waals surface area contributed by atoms with E-state index in [4.69, 9.17) is 4.74 Å². The van der Waals surface area contributed by atoms with Crippen molar-refractivity contribution in [1.29, 1.82) is 0 Å². The van der Waals surface area contributed by atoms with Gasteiger partial charge in [0.2, 0.25) is 15.9 Å². The Morgan fingerprint density at radius 3 is 2.53 bits per heavy atom. The topological polar surface area (TPSA) is 91.5 Å². The lowest BCUT2D eigenvalue weighted by molar-refractivity contribution is -0.132. The fourth-order valence-electron chi connectivity index (χ4n) is 4.39. The molecule has 1 aliphatic rings. The van der Waals surface area contributed by atoms with Crippen LogP contribution < -0.4 is 9.46 Å². The Balaban J connectivity index is 1.32. The number of sulfonamides is 1. The summed E-state index contributed by atoms with van der Waals surface area (Å²) in [4.78, 5) is 18.3. The minimum Gasteiger partial charge on any atom is -0.497 e. The number of aromatic nitrogens is 1. The van der Waals surface area contributed by atoms with Gasteiger partial charge in [0.15, 0.2) is 0 Å². The molecule has 2 heterocycles. The van der Waals surface area contributed by atoms with Gasteiger partial charge in [0.1, 0.15) is 5.75 Å². The van der Waals surface area contributed by atoms with Crippen molar-refractivity contribution in [2.45, 2.75) is 36.5 Å². The molecule has 2 N–H and O–H groups in total. The molecule has 0 aliphatic carbocycles. The number of amides is 1. The molecule has 170 valence electrons. The smallest absolute Gasteiger partial charge is 0.240 e. The highest BCUT2D eigenvalue weighted by Crippen LogP contribution is 2.34. The van der Waals surface area contributed by atoms with Crippen LogP contribution in [0.3, 0.4) is 0 Å². The van der Waals surface area contributed by atoms with Crippen LogP contribution in [-0.2, 0) is 21.2 Å². The largest absolute Gasteiger partial charge is 0.497 e. The molecule has 0 unspecified atom stereocenters. The van der Waals surface area contributed by atoms with Crippen molar-refractivity contribution >= 4 is 26.8 Å². The number of H-pyrrole nitrogens is 1. The lowest BCUT2D eigenvalue weighted by atomic mass is 9.89. The van der Waals surface area contributed by atoms with E-state index >= 15 is 0 Å². The van der Waals surface area contributed by atoms with Crippen molar-refractivity contribution in [3.05, 3.63) is 59.8 Å². The molecule has 0 spiro atoms. The summed E-state index contributed by atoms with van der Waals surface area (Å²) >= 11 is 0. The minimum absolute atomic E-state index is 0.149. The molecule has 0 radical (unpaired) electrons. The third-order valence-corrected chi connectivity index (χ3v) is 7.77. The van der Waals surface area contributed by atoms with Gasteiger partial charge in [0, 0.05) is 36.6 Å². The van der Waals surface area contributed by atoms with Gasteiger partial charge in [-0.2, -0.15) is 0 Å². The van der Waals surface area contributed by atoms with Gasteiger partial charge < -0.3 is 14.6 Å². The maximum atomic E-state index is 12.7. The molecule has 1 saturated heterocycles. The van der Waals surface area contributed by atoms with Crippen LogP contribution >= 0.6 is 0 Å². The van der Waals surface area contributed by atoms with Crippen molar-refractivity contribution < 1.29 is 17.9 Å². The Hall–Kier alpha value is -2.84. The van der Waals surface area contributed by atoms with E-state index in [2.05, 4.69) is 22.0 Å². The molecule has 3 aromatic rings. The molecule has 1 fully saturated rings. The average molecular weight is 456 g/mol. The number of methoxy groups -OCH3 is 1. The van der Waals surface area contributed by atoms with E-state index in [1.54, 1.807) is 31.4 Å². The summed E-state index contributed by atoms with van der Waals surface area (Å²) in [6.07, 6.45) is 4.98. The molecule has 0 saturated carbocycles. The number of fused-ring (bicyclic) bond motifs is 1. The standard InChI is InChI=1S/C24H29N3O4S/c1-25-32(29,30)20-7-3-17(4-8-20)5-10-24(28)27-13-11-18(12-14-27)22-16-26-23-9-6-19(31-2)15-21(22)23/h3-4,6-9,15-16,18,25-26H,5,10-14H2,1-2H3. The monoisotopic (exact) mass is 455 g/mol. The summed E-state index contributed by atoms with van der Waals surface area (Å²) in [6.45, 7) is 1.50. The molecular formula is C24H29N3O4S. The van der Waals surface area contributed by atoms with Crippen molar-refractivity contribution in [1.82, 2.24) is 14.6 Å². The summed E-state index contributed by atoms with van der Waals surface area (Å²) in [5, 5.41) is 1.19. The number of likely N-dealkylation sites (tertiary alicyclic amines) is 1. The van der Waals surface area contributed by atoms with Crippen LogP contribution in [0.1, 0.15) is 36.3 Å². The van der Waals surface area contributed by atoms with E-state index < -0.39 is 10.0 Å². The van der Waals surface area contributed by atoms with Crippen molar-refractivity contribution in [2.24, 2.45) is 0 Å². The van der Waals surface area contributed by atoms with Gasteiger partial charge in [-0.15, -0.1) is 0 Å². The number of piperidine rings is 1. The zero-order valence-corrected chi connectivity index (χ0v) is 19.2. The highest BCUT2D eigenvalue weighted by molar-refractivity contribution is 7.89. The Bertz CT molecular complexity index is 1190. The molecule has 0 bridgehead atoms. The number of benzene rings is 2. The lowest BCUT2D eigenvalue weighted by Crippen LogP contribution is -2.38. The number of carbonyl (C=O) groups is 1. The van der Waals surface area contributed by atoms with Crippen LogP contribution in [0, 0.1) is 0 Å². The third kappa shape index (κ3) is 4.66. The molecule has 0 atom stereocenters. The summed E-state index contributed by atoms with van der Waals surface area (Å²) in [5.74, 6) is 1.42. The maximum absolute atomic E-state index is 12.7. The molecule has 1 aliphatic heterocycles. The van der Waals surface area contributed by atoms with Gasteiger partial charge in [-0.05, 0) is 73.7 Å². The summed E-state index contributed by atoms with van der Waals surface area (Å²) < 4.78 is 31.3. The Labute approximate surface area is 188 Å². The molecule has 2 aromatic carbocycles. The van der Waals surface area contributed by atoms with Gasteiger partial charge in [0.05, 0.1) is 12.0 Å². The first-order chi connectivity index (χ1) is 15.4. The second kappa shape index (κ2) is 9.34. The van der Waals surface area contributed by atoms with E-state index in [0.29, 0.717) is 18.8 Å². The zero-order valence-electron chi connectivity index (χ0n) is 18.4. The molecular weight excluding hydrogens is 426 g/mol. The number of nitrogens with one attached hydrogen (secondary N) is 2. The molecule has 1 amide bonds. The van der Waals surface area contributed by atoms with E-state index in [1.165, 1.54) is 18.0 Å². The number of aryl methyl sites for hydroxylation is 1. The molecule has 1 aromatic heterocycles. The Morgan fingerprint density at radius 2 is 1.88 bits per heavy atom. The number of nitrogens with zero attached hydrogens (tertiary/aromatic N) is 1. The number of hydrogen-bond acceptors (Lipinski definition) is 4. The van der Waals surface area contributed by atoms with Gasteiger partial charge in [-0.3, -0.25) is 4.79 Å². The fraction of sp³-hybridized carbons (Fsp3) is 0.375. The summed E-state index contributed by atoms with van der Waals surface area (Å²) in [7, 11) is -0.373. The quantitative estimate of drug-likeness (QED) is 0.571. The van der Waals surface area contributed by atoms with Crippen LogP contribution in [0.15, 0.2) is 53.6 Å². The SMILES string of the molecule is CNS(=O)(=O)c1ccc(CCC(=O)N2CCC(c3c[nH]c4ccc(OC)cc34)CC2)cc1.